The number of pyridine rings is 1. The molecule has 0 radical (unpaired) electrons. The minimum absolute atomic E-state index is 0.120. The van der Waals surface area contributed by atoms with Crippen LogP contribution in [0.15, 0.2) is 53.2 Å². The predicted molar refractivity (Wildman–Crippen MR) is 78.9 cm³/mol. The topological polar surface area (TPSA) is 80.9 Å². The van der Waals surface area contributed by atoms with Gasteiger partial charge in [0.2, 0.25) is 5.89 Å². The van der Waals surface area contributed by atoms with Crippen LogP contribution in [0, 0.1) is 5.82 Å². The molecule has 0 atom stereocenters. The molecular weight excluding hydrogens is 299 g/mol. The van der Waals surface area contributed by atoms with Gasteiger partial charge in [-0.3, -0.25) is 9.78 Å². The molecule has 23 heavy (non-hydrogen) atoms. The molecule has 0 saturated heterocycles. The Hall–Kier alpha value is -3.09. The van der Waals surface area contributed by atoms with Gasteiger partial charge < -0.3 is 9.73 Å². The van der Waals surface area contributed by atoms with Gasteiger partial charge in [0, 0.05) is 18.9 Å². The van der Waals surface area contributed by atoms with Gasteiger partial charge in [0.05, 0.1) is 6.42 Å². The second kappa shape index (κ2) is 6.78. The first-order chi connectivity index (χ1) is 11.2. The third kappa shape index (κ3) is 3.97. The molecule has 3 aromatic rings. The van der Waals surface area contributed by atoms with Crippen molar-refractivity contribution in [3.63, 3.8) is 0 Å². The fourth-order valence-corrected chi connectivity index (χ4v) is 2.00. The molecule has 0 bridgehead atoms. The number of carbonyl (C=O) groups excluding carboxylic acids is 1. The molecule has 0 aliphatic carbocycles. The monoisotopic (exact) mass is 312 g/mol. The number of amides is 1. The first-order valence-corrected chi connectivity index (χ1v) is 6.94. The smallest absolute Gasteiger partial charge is 0.309 e. The van der Waals surface area contributed by atoms with Crippen LogP contribution < -0.4 is 5.32 Å². The lowest BCUT2D eigenvalue weighted by Gasteiger charge is -2.01. The summed E-state index contributed by atoms with van der Waals surface area (Å²) in [4.78, 5) is 15.9. The van der Waals surface area contributed by atoms with Crippen LogP contribution >= 0.6 is 0 Å². The van der Waals surface area contributed by atoms with Crippen LogP contribution in [-0.4, -0.2) is 21.1 Å². The van der Waals surface area contributed by atoms with Gasteiger partial charge in [0.15, 0.2) is 0 Å². The standard InChI is InChI=1S/C16H13FN4O2/c17-13-3-1-2-12(8-13)9-14-20-21-16(23-14)15(22)19-10-11-4-6-18-7-5-11/h1-8H,9-10H2,(H,19,22). The summed E-state index contributed by atoms with van der Waals surface area (Å²) in [5.74, 6) is -0.660. The van der Waals surface area contributed by atoms with Crippen molar-refractivity contribution in [3.05, 3.63) is 77.5 Å². The van der Waals surface area contributed by atoms with Crippen molar-refractivity contribution >= 4 is 5.91 Å². The van der Waals surface area contributed by atoms with E-state index in [2.05, 4.69) is 20.5 Å². The lowest BCUT2D eigenvalue weighted by molar-refractivity contribution is 0.0914. The fraction of sp³-hybridized carbons (Fsp3) is 0.125. The third-order valence-electron chi connectivity index (χ3n) is 3.11. The molecule has 3 rings (SSSR count). The molecule has 1 aromatic carbocycles. The first-order valence-electron chi connectivity index (χ1n) is 6.94. The molecule has 1 amide bonds. The number of aromatic nitrogens is 3. The SMILES string of the molecule is O=C(NCc1ccncc1)c1nnc(Cc2cccc(F)c2)o1. The minimum atomic E-state index is -0.459. The molecule has 0 spiro atoms. The zero-order chi connectivity index (χ0) is 16.1. The van der Waals surface area contributed by atoms with Gasteiger partial charge in [-0.2, -0.15) is 0 Å². The number of hydrogen-bond acceptors (Lipinski definition) is 5. The molecule has 116 valence electrons. The van der Waals surface area contributed by atoms with Gasteiger partial charge in [-0.25, -0.2) is 4.39 Å². The summed E-state index contributed by atoms with van der Waals surface area (Å²) in [7, 11) is 0. The molecular formula is C16H13FN4O2. The molecule has 1 N–H and O–H groups in total. The van der Waals surface area contributed by atoms with Crippen molar-refractivity contribution in [2.24, 2.45) is 0 Å². The van der Waals surface area contributed by atoms with Crippen LogP contribution in [-0.2, 0) is 13.0 Å². The van der Waals surface area contributed by atoms with Crippen LogP contribution in [0.2, 0.25) is 0 Å². The van der Waals surface area contributed by atoms with Gasteiger partial charge in [0.1, 0.15) is 5.82 Å². The van der Waals surface area contributed by atoms with E-state index in [9.17, 15) is 9.18 Å². The Labute approximate surface area is 131 Å². The third-order valence-corrected chi connectivity index (χ3v) is 3.11. The number of carbonyl (C=O) groups is 1. The van der Waals surface area contributed by atoms with Gasteiger partial charge in [-0.05, 0) is 35.4 Å². The maximum atomic E-state index is 13.1. The molecule has 2 aromatic heterocycles. The summed E-state index contributed by atoms with van der Waals surface area (Å²) in [6, 6.07) is 9.68. The average Bonchev–Trinajstić information content (AvgIpc) is 3.02. The van der Waals surface area contributed by atoms with Crippen molar-refractivity contribution in [2.75, 3.05) is 0 Å². The van der Waals surface area contributed by atoms with Crippen LogP contribution in [0.5, 0.6) is 0 Å². The second-order valence-corrected chi connectivity index (χ2v) is 4.85. The highest BCUT2D eigenvalue weighted by atomic mass is 19.1. The Morgan fingerprint density at radius 2 is 1.96 bits per heavy atom. The van der Waals surface area contributed by atoms with Crippen molar-refractivity contribution in [3.8, 4) is 0 Å². The summed E-state index contributed by atoms with van der Waals surface area (Å²) in [5.41, 5.74) is 1.60. The highest BCUT2D eigenvalue weighted by Crippen LogP contribution is 2.10. The summed E-state index contributed by atoms with van der Waals surface area (Å²) in [6.07, 6.45) is 3.55. The van der Waals surface area contributed by atoms with E-state index in [1.165, 1.54) is 12.1 Å². The Kier molecular flexibility index (Phi) is 4.37. The molecule has 7 heteroatoms. The van der Waals surface area contributed by atoms with Gasteiger partial charge in [0.25, 0.3) is 0 Å². The van der Waals surface area contributed by atoms with E-state index in [4.69, 9.17) is 4.42 Å². The largest absolute Gasteiger partial charge is 0.417 e. The normalized spacial score (nSPS) is 10.5. The number of rotatable bonds is 5. The highest BCUT2D eigenvalue weighted by molar-refractivity contribution is 5.89. The van der Waals surface area contributed by atoms with Crippen LogP contribution in [0.4, 0.5) is 4.39 Å². The Morgan fingerprint density at radius 1 is 1.13 bits per heavy atom. The predicted octanol–water partition coefficient (Wildman–Crippen LogP) is 2.12. The van der Waals surface area contributed by atoms with E-state index in [1.807, 2.05) is 0 Å². The zero-order valence-corrected chi connectivity index (χ0v) is 12.1. The number of benzene rings is 1. The van der Waals surface area contributed by atoms with E-state index in [0.29, 0.717) is 12.1 Å². The number of nitrogens with zero attached hydrogens (tertiary/aromatic N) is 3. The van der Waals surface area contributed by atoms with E-state index in [-0.39, 0.29) is 24.0 Å². The number of hydrogen-bond donors (Lipinski definition) is 1. The van der Waals surface area contributed by atoms with Crippen molar-refractivity contribution in [1.29, 1.82) is 0 Å². The van der Waals surface area contributed by atoms with Gasteiger partial charge in [-0.15, -0.1) is 10.2 Å². The lowest BCUT2D eigenvalue weighted by Crippen LogP contribution is -2.23. The van der Waals surface area contributed by atoms with E-state index < -0.39 is 5.91 Å². The maximum absolute atomic E-state index is 13.1. The van der Waals surface area contributed by atoms with Gasteiger partial charge >= 0.3 is 11.8 Å². The molecule has 0 saturated carbocycles. The fourth-order valence-electron chi connectivity index (χ4n) is 2.00. The molecule has 0 fully saturated rings. The number of nitrogens with one attached hydrogen (secondary N) is 1. The average molecular weight is 312 g/mol. The second-order valence-electron chi connectivity index (χ2n) is 4.85. The van der Waals surface area contributed by atoms with Crippen LogP contribution in [0.3, 0.4) is 0 Å². The quantitative estimate of drug-likeness (QED) is 0.780. The summed E-state index contributed by atoms with van der Waals surface area (Å²) in [5, 5.41) is 10.2. The molecule has 2 heterocycles. The first kappa shape index (κ1) is 14.8. The summed E-state index contributed by atoms with van der Waals surface area (Å²) >= 11 is 0. The van der Waals surface area contributed by atoms with E-state index in [0.717, 1.165) is 5.56 Å². The zero-order valence-electron chi connectivity index (χ0n) is 12.1. The maximum Gasteiger partial charge on any atom is 0.309 e. The Balaban J connectivity index is 1.61. The van der Waals surface area contributed by atoms with Crippen LogP contribution in [0.25, 0.3) is 0 Å². The molecule has 0 aliphatic heterocycles. The van der Waals surface area contributed by atoms with Crippen LogP contribution in [0.1, 0.15) is 27.7 Å². The van der Waals surface area contributed by atoms with Crippen molar-refractivity contribution in [1.82, 2.24) is 20.5 Å². The summed E-state index contributed by atoms with van der Waals surface area (Å²) in [6.45, 7) is 0.336. The van der Waals surface area contributed by atoms with Crippen molar-refractivity contribution in [2.45, 2.75) is 13.0 Å². The van der Waals surface area contributed by atoms with Gasteiger partial charge in [-0.1, -0.05) is 12.1 Å². The molecule has 0 aliphatic rings. The van der Waals surface area contributed by atoms with E-state index in [1.54, 1.807) is 36.7 Å². The lowest BCUT2D eigenvalue weighted by atomic mass is 10.1. The molecule has 0 unspecified atom stereocenters. The number of halogens is 1. The summed E-state index contributed by atoms with van der Waals surface area (Å²) < 4.78 is 18.4. The van der Waals surface area contributed by atoms with Crippen molar-refractivity contribution < 1.29 is 13.6 Å². The van der Waals surface area contributed by atoms with E-state index >= 15 is 0 Å². The minimum Gasteiger partial charge on any atom is -0.417 e. The Bertz CT molecular complexity index is 805. The Morgan fingerprint density at radius 3 is 2.74 bits per heavy atom. The molecule has 6 nitrogen and oxygen atoms in total. The highest BCUT2D eigenvalue weighted by Gasteiger charge is 2.14.